The molecule has 0 aliphatic rings. The monoisotopic (exact) mass is 294 g/mol. The number of ketones is 1. The summed E-state index contributed by atoms with van der Waals surface area (Å²) < 4.78 is 5.86. The van der Waals surface area contributed by atoms with E-state index in [9.17, 15) is 4.79 Å². The number of rotatable bonds is 11. The second-order valence-corrected chi connectivity index (χ2v) is 6.37. The molecule has 2 unspecified atom stereocenters. The molecule has 0 bridgehead atoms. The van der Waals surface area contributed by atoms with E-state index < -0.39 is 0 Å². The van der Waals surface area contributed by atoms with Crippen LogP contribution in [0.25, 0.3) is 0 Å². The number of hydrogen-bond donors (Lipinski definition) is 0. The van der Waals surface area contributed by atoms with Gasteiger partial charge in [-0.15, -0.1) is 0 Å². The van der Waals surface area contributed by atoms with Gasteiger partial charge in [0.05, 0.1) is 5.60 Å². The number of carbonyl (C=O) groups excluding carboxylic acids is 1. The Labute approximate surface area is 131 Å². The van der Waals surface area contributed by atoms with E-state index in [4.69, 9.17) is 4.74 Å². The molecule has 0 aromatic heterocycles. The molecule has 0 spiro atoms. The van der Waals surface area contributed by atoms with Crippen LogP contribution in [0.4, 0.5) is 0 Å². The van der Waals surface area contributed by atoms with Crippen LogP contribution in [0.1, 0.15) is 73.6 Å². The van der Waals surface area contributed by atoms with Crippen molar-refractivity contribution in [2.75, 3.05) is 6.61 Å². The maximum Gasteiger partial charge on any atom is 0.152 e. The highest BCUT2D eigenvalue weighted by Crippen LogP contribution is 2.24. The lowest BCUT2D eigenvalue weighted by molar-refractivity contribution is -0.112. The van der Waals surface area contributed by atoms with Crippen LogP contribution in [0.3, 0.4) is 0 Å². The molecule has 0 rings (SSSR count). The molecule has 0 saturated heterocycles. The third-order valence-electron chi connectivity index (χ3n) is 3.99. The molecule has 0 aliphatic heterocycles. The maximum atomic E-state index is 10.9. The first kappa shape index (κ1) is 20.1. The molecule has 0 radical (unpaired) electrons. The normalized spacial score (nSPS) is 17.0. The molecular formula is C19H34O2. The highest BCUT2D eigenvalue weighted by atomic mass is 16.5. The van der Waals surface area contributed by atoms with Crippen molar-refractivity contribution in [2.24, 2.45) is 5.92 Å². The van der Waals surface area contributed by atoms with Crippen LogP contribution < -0.4 is 0 Å². The van der Waals surface area contributed by atoms with Crippen LogP contribution in [0.5, 0.6) is 0 Å². The number of allylic oxidation sites excluding steroid dienone is 4. The van der Waals surface area contributed by atoms with E-state index in [1.165, 1.54) is 12.8 Å². The maximum absolute atomic E-state index is 10.9. The Hall–Kier alpha value is -0.890. The van der Waals surface area contributed by atoms with Crippen molar-refractivity contribution in [3.63, 3.8) is 0 Å². The van der Waals surface area contributed by atoms with Gasteiger partial charge in [-0.1, -0.05) is 38.8 Å². The first-order valence-corrected chi connectivity index (χ1v) is 8.32. The fourth-order valence-corrected chi connectivity index (χ4v) is 2.50. The summed E-state index contributed by atoms with van der Waals surface area (Å²) >= 11 is 0. The highest BCUT2D eigenvalue weighted by Gasteiger charge is 2.21. The summed E-state index contributed by atoms with van der Waals surface area (Å²) in [5.74, 6) is 0.786. The van der Waals surface area contributed by atoms with Gasteiger partial charge in [0.2, 0.25) is 0 Å². The summed E-state index contributed by atoms with van der Waals surface area (Å²) in [4.78, 5) is 10.9. The zero-order valence-corrected chi connectivity index (χ0v) is 14.9. The average Bonchev–Trinajstić information content (AvgIpc) is 2.38. The Balaban J connectivity index is 4.03. The molecule has 0 aromatic carbocycles. The van der Waals surface area contributed by atoms with Gasteiger partial charge < -0.3 is 4.74 Å². The van der Waals surface area contributed by atoms with Crippen molar-refractivity contribution < 1.29 is 9.53 Å². The molecule has 0 amide bonds. The largest absolute Gasteiger partial charge is 0.376 e. The van der Waals surface area contributed by atoms with Gasteiger partial charge in [0.15, 0.2) is 5.78 Å². The number of ether oxygens (including phenoxy) is 1. The van der Waals surface area contributed by atoms with Crippen LogP contribution in [0.2, 0.25) is 0 Å². The van der Waals surface area contributed by atoms with Crippen LogP contribution in [0, 0.1) is 5.92 Å². The minimum atomic E-state index is 0.0467. The Morgan fingerprint density at radius 2 is 1.95 bits per heavy atom. The molecule has 2 nitrogen and oxygen atoms in total. The minimum Gasteiger partial charge on any atom is -0.376 e. The van der Waals surface area contributed by atoms with Crippen molar-refractivity contribution in [2.45, 2.75) is 79.2 Å². The van der Waals surface area contributed by atoms with Crippen LogP contribution in [-0.2, 0) is 9.53 Å². The van der Waals surface area contributed by atoms with Gasteiger partial charge in [0.1, 0.15) is 0 Å². The molecule has 0 saturated carbocycles. The second-order valence-electron chi connectivity index (χ2n) is 6.37. The summed E-state index contributed by atoms with van der Waals surface area (Å²) in [5.41, 5.74) is 1.08. The average molecular weight is 294 g/mol. The topological polar surface area (TPSA) is 26.3 Å². The van der Waals surface area contributed by atoms with Crippen molar-refractivity contribution >= 4 is 5.78 Å². The lowest BCUT2D eigenvalue weighted by atomic mass is 9.92. The SMILES string of the molecule is CCOC(C)(CC)CCCC(C)C/C=C/C(C)=C/C(C)=O. The van der Waals surface area contributed by atoms with Crippen molar-refractivity contribution in [3.05, 3.63) is 23.8 Å². The van der Waals surface area contributed by atoms with Crippen LogP contribution in [0.15, 0.2) is 23.8 Å². The molecule has 122 valence electrons. The predicted molar refractivity (Wildman–Crippen MR) is 91.5 cm³/mol. The van der Waals surface area contributed by atoms with Gasteiger partial charge in [0.25, 0.3) is 0 Å². The van der Waals surface area contributed by atoms with E-state index in [0.29, 0.717) is 5.92 Å². The number of carbonyl (C=O) groups is 1. The second kappa shape index (κ2) is 10.8. The predicted octanol–water partition coefficient (Wildman–Crippen LogP) is 5.48. The molecule has 2 atom stereocenters. The highest BCUT2D eigenvalue weighted by molar-refractivity contribution is 5.88. The summed E-state index contributed by atoms with van der Waals surface area (Å²) in [6.45, 7) is 13.1. The Morgan fingerprint density at radius 3 is 2.48 bits per heavy atom. The molecule has 0 aliphatic carbocycles. The molecule has 0 fully saturated rings. The van der Waals surface area contributed by atoms with E-state index in [0.717, 1.165) is 31.4 Å². The van der Waals surface area contributed by atoms with Crippen LogP contribution in [-0.4, -0.2) is 18.0 Å². The van der Waals surface area contributed by atoms with Crippen molar-refractivity contribution in [1.82, 2.24) is 0 Å². The van der Waals surface area contributed by atoms with Crippen molar-refractivity contribution in [3.8, 4) is 0 Å². The summed E-state index contributed by atoms with van der Waals surface area (Å²) in [7, 11) is 0. The molecule has 0 heterocycles. The lowest BCUT2D eigenvalue weighted by Gasteiger charge is -2.28. The first-order chi connectivity index (χ1) is 9.83. The van der Waals surface area contributed by atoms with E-state index in [2.05, 4.69) is 33.8 Å². The zero-order chi connectivity index (χ0) is 16.3. The third kappa shape index (κ3) is 10.5. The molecule has 0 N–H and O–H groups in total. The van der Waals surface area contributed by atoms with Gasteiger partial charge in [-0.3, -0.25) is 4.79 Å². The van der Waals surface area contributed by atoms with Crippen LogP contribution >= 0.6 is 0 Å². The van der Waals surface area contributed by atoms with E-state index in [1.807, 2.05) is 13.0 Å². The van der Waals surface area contributed by atoms with Gasteiger partial charge in [-0.25, -0.2) is 0 Å². The zero-order valence-electron chi connectivity index (χ0n) is 14.9. The fourth-order valence-electron chi connectivity index (χ4n) is 2.50. The summed E-state index contributed by atoms with van der Waals surface area (Å²) in [6.07, 6.45) is 11.6. The van der Waals surface area contributed by atoms with Gasteiger partial charge in [0, 0.05) is 6.61 Å². The smallest absolute Gasteiger partial charge is 0.152 e. The summed E-state index contributed by atoms with van der Waals surface area (Å²) in [5, 5.41) is 0. The first-order valence-electron chi connectivity index (χ1n) is 8.32. The third-order valence-corrected chi connectivity index (χ3v) is 3.99. The van der Waals surface area contributed by atoms with Gasteiger partial charge >= 0.3 is 0 Å². The van der Waals surface area contributed by atoms with Crippen molar-refractivity contribution in [1.29, 1.82) is 0 Å². The molecule has 0 aromatic rings. The Bertz CT molecular complexity index is 355. The van der Waals surface area contributed by atoms with E-state index in [-0.39, 0.29) is 11.4 Å². The Kier molecular flexibility index (Phi) is 10.3. The van der Waals surface area contributed by atoms with E-state index in [1.54, 1.807) is 13.0 Å². The van der Waals surface area contributed by atoms with Gasteiger partial charge in [-0.2, -0.15) is 0 Å². The lowest BCUT2D eigenvalue weighted by Crippen LogP contribution is -2.27. The molecule has 2 heteroatoms. The number of hydrogen-bond acceptors (Lipinski definition) is 2. The summed E-state index contributed by atoms with van der Waals surface area (Å²) in [6, 6.07) is 0. The Morgan fingerprint density at radius 1 is 1.29 bits per heavy atom. The standard InChI is InChI=1S/C19H34O2/c1-7-19(6,21-8-2)14-10-13-16(3)11-9-12-17(4)15-18(5)20/h9,12,15-16H,7-8,10-11,13-14H2,1-6H3/b12-9+,17-15+. The molecule has 21 heavy (non-hydrogen) atoms. The van der Waals surface area contributed by atoms with E-state index >= 15 is 0 Å². The quantitative estimate of drug-likeness (QED) is 0.372. The fraction of sp³-hybridized carbons (Fsp3) is 0.737. The van der Waals surface area contributed by atoms with Gasteiger partial charge in [-0.05, 0) is 64.5 Å². The minimum absolute atomic E-state index is 0.0467. The molecular weight excluding hydrogens is 260 g/mol.